The lowest BCUT2D eigenvalue weighted by molar-refractivity contribution is 0.564. The van der Waals surface area contributed by atoms with E-state index in [2.05, 4.69) is 24.1 Å². The van der Waals surface area contributed by atoms with Crippen LogP contribution in [0.1, 0.15) is 19.4 Å². The summed E-state index contributed by atoms with van der Waals surface area (Å²) in [6.45, 7) is 4.80. The average Bonchev–Trinajstić information content (AvgIpc) is 2.76. The van der Waals surface area contributed by atoms with Crippen LogP contribution in [0.3, 0.4) is 0 Å². The van der Waals surface area contributed by atoms with Crippen LogP contribution in [0, 0.1) is 5.82 Å². The number of halogens is 1. The van der Waals surface area contributed by atoms with Crippen LogP contribution in [0.5, 0.6) is 0 Å². The van der Waals surface area contributed by atoms with Gasteiger partial charge in [-0.3, -0.25) is 0 Å². The van der Waals surface area contributed by atoms with Crippen LogP contribution in [0.4, 0.5) is 4.39 Å². The van der Waals surface area contributed by atoms with Gasteiger partial charge in [0.05, 0.1) is 4.90 Å². The summed E-state index contributed by atoms with van der Waals surface area (Å²) in [7, 11) is 1.90. The summed E-state index contributed by atoms with van der Waals surface area (Å²) in [6.07, 6.45) is 3.57. The molecule has 0 spiro atoms. The molecule has 0 aliphatic rings. The fourth-order valence-corrected chi connectivity index (χ4v) is 2.60. The largest absolute Gasteiger partial charge is 0.329 e. The van der Waals surface area contributed by atoms with Crippen molar-refractivity contribution < 1.29 is 4.39 Å². The van der Waals surface area contributed by atoms with E-state index in [1.54, 1.807) is 12.3 Å². The molecule has 19 heavy (non-hydrogen) atoms. The number of hydrogen-bond donors (Lipinski definition) is 1. The molecule has 3 nitrogen and oxygen atoms in total. The van der Waals surface area contributed by atoms with Gasteiger partial charge in [-0.25, -0.2) is 9.37 Å². The average molecular weight is 279 g/mol. The molecule has 1 heterocycles. The van der Waals surface area contributed by atoms with Gasteiger partial charge in [0.1, 0.15) is 5.82 Å². The van der Waals surface area contributed by atoms with E-state index in [0.717, 1.165) is 10.7 Å². The lowest BCUT2D eigenvalue weighted by Gasteiger charge is -2.12. The van der Waals surface area contributed by atoms with Gasteiger partial charge in [0.15, 0.2) is 5.16 Å². The number of nitrogens with one attached hydrogen (secondary N) is 1. The van der Waals surface area contributed by atoms with Crippen LogP contribution in [0.25, 0.3) is 0 Å². The van der Waals surface area contributed by atoms with E-state index in [1.807, 2.05) is 23.9 Å². The van der Waals surface area contributed by atoms with E-state index in [9.17, 15) is 4.39 Å². The third-order valence-electron chi connectivity index (χ3n) is 2.72. The van der Waals surface area contributed by atoms with Crippen molar-refractivity contribution in [2.24, 2.45) is 7.05 Å². The highest BCUT2D eigenvalue weighted by molar-refractivity contribution is 7.99. The van der Waals surface area contributed by atoms with Gasteiger partial charge in [-0.1, -0.05) is 26.0 Å². The van der Waals surface area contributed by atoms with Crippen molar-refractivity contribution in [2.75, 3.05) is 0 Å². The molecule has 0 radical (unpaired) electrons. The molecule has 0 amide bonds. The molecular weight excluding hydrogens is 261 g/mol. The number of benzene rings is 1. The third kappa shape index (κ3) is 3.58. The normalized spacial score (nSPS) is 11.2. The number of imidazole rings is 1. The maximum Gasteiger partial charge on any atom is 0.172 e. The number of aryl methyl sites for hydroxylation is 1. The first-order valence-electron chi connectivity index (χ1n) is 6.24. The highest BCUT2D eigenvalue weighted by Gasteiger charge is 2.12. The first-order chi connectivity index (χ1) is 9.08. The number of aromatic nitrogens is 2. The van der Waals surface area contributed by atoms with Crippen molar-refractivity contribution in [3.63, 3.8) is 0 Å². The number of rotatable bonds is 5. The predicted octanol–water partition coefficient (Wildman–Crippen LogP) is 3.21. The van der Waals surface area contributed by atoms with Gasteiger partial charge < -0.3 is 9.88 Å². The molecule has 0 aliphatic heterocycles. The van der Waals surface area contributed by atoms with Crippen molar-refractivity contribution in [1.82, 2.24) is 14.9 Å². The van der Waals surface area contributed by atoms with Gasteiger partial charge in [0, 0.05) is 32.0 Å². The Morgan fingerprint density at radius 2 is 2.21 bits per heavy atom. The number of hydrogen-bond acceptors (Lipinski definition) is 3. The Kier molecular flexibility index (Phi) is 4.61. The van der Waals surface area contributed by atoms with Crippen molar-refractivity contribution >= 4 is 11.8 Å². The second-order valence-corrected chi connectivity index (χ2v) is 5.66. The van der Waals surface area contributed by atoms with Crippen LogP contribution in [-0.2, 0) is 13.6 Å². The van der Waals surface area contributed by atoms with Gasteiger partial charge in [0.25, 0.3) is 0 Å². The minimum absolute atomic E-state index is 0.198. The Hall–Kier alpha value is -1.33. The van der Waals surface area contributed by atoms with Crippen LogP contribution in [0.2, 0.25) is 0 Å². The van der Waals surface area contributed by atoms with Gasteiger partial charge in [-0.15, -0.1) is 0 Å². The molecule has 0 bridgehead atoms. The second-order valence-electron chi connectivity index (χ2n) is 4.69. The zero-order valence-corrected chi connectivity index (χ0v) is 12.2. The van der Waals surface area contributed by atoms with Crippen molar-refractivity contribution in [3.8, 4) is 0 Å². The first kappa shape index (κ1) is 14.1. The topological polar surface area (TPSA) is 29.9 Å². The van der Waals surface area contributed by atoms with Crippen molar-refractivity contribution in [1.29, 1.82) is 0 Å². The summed E-state index contributed by atoms with van der Waals surface area (Å²) in [5.74, 6) is -0.198. The molecule has 1 aromatic heterocycles. The molecule has 0 unspecified atom stereocenters. The zero-order valence-electron chi connectivity index (χ0n) is 11.4. The summed E-state index contributed by atoms with van der Waals surface area (Å²) in [5, 5.41) is 4.10. The van der Waals surface area contributed by atoms with Gasteiger partial charge >= 0.3 is 0 Å². The number of nitrogens with zero attached hydrogens (tertiary/aromatic N) is 2. The van der Waals surface area contributed by atoms with Crippen molar-refractivity contribution in [3.05, 3.63) is 42.0 Å². The molecular formula is C14H18FN3S. The fourth-order valence-electron chi connectivity index (χ4n) is 1.66. The maximum atomic E-state index is 14.0. The molecule has 1 N–H and O–H groups in total. The van der Waals surface area contributed by atoms with Crippen LogP contribution in [0.15, 0.2) is 40.6 Å². The van der Waals surface area contributed by atoms with Crippen LogP contribution >= 0.6 is 11.8 Å². The lowest BCUT2D eigenvalue weighted by atomic mass is 10.2. The summed E-state index contributed by atoms with van der Waals surface area (Å²) < 4.78 is 15.9. The molecule has 5 heteroatoms. The Bertz CT molecular complexity index is 551. The van der Waals surface area contributed by atoms with E-state index in [0.29, 0.717) is 17.5 Å². The molecule has 0 fully saturated rings. The molecule has 0 atom stereocenters. The van der Waals surface area contributed by atoms with Gasteiger partial charge in [-0.05, 0) is 23.4 Å². The van der Waals surface area contributed by atoms with Crippen LogP contribution in [-0.4, -0.2) is 15.6 Å². The third-order valence-corrected chi connectivity index (χ3v) is 3.96. The quantitative estimate of drug-likeness (QED) is 0.911. The zero-order chi connectivity index (χ0) is 13.8. The maximum absolute atomic E-state index is 14.0. The SMILES string of the molecule is CC(C)NCc1cccc(F)c1Sc1nccn1C. The molecule has 1 aromatic carbocycles. The molecule has 2 aromatic rings. The summed E-state index contributed by atoms with van der Waals surface area (Å²) in [6, 6.07) is 5.55. The van der Waals surface area contributed by atoms with E-state index in [4.69, 9.17) is 0 Å². The minimum Gasteiger partial charge on any atom is -0.329 e. The van der Waals surface area contributed by atoms with Gasteiger partial charge in [0.2, 0.25) is 0 Å². The highest BCUT2D eigenvalue weighted by atomic mass is 32.2. The van der Waals surface area contributed by atoms with E-state index >= 15 is 0 Å². The first-order valence-corrected chi connectivity index (χ1v) is 7.05. The van der Waals surface area contributed by atoms with Crippen LogP contribution < -0.4 is 5.32 Å². The standard InChI is InChI=1S/C14H18FN3S/c1-10(2)17-9-11-5-4-6-12(15)13(11)19-14-16-7-8-18(14)3/h4-8,10,17H,9H2,1-3H3. The fraction of sp³-hybridized carbons (Fsp3) is 0.357. The predicted molar refractivity (Wildman–Crippen MR) is 75.7 cm³/mol. The van der Waals surface area contributed by atoms with E-state index in [-0.39, 0.29) is 5.82 Å². The summed E-state index contributed by atoms with van der Waals surface area (Å²) in [5.41, 5.74) is 0.960. The Morgan fingerprint density at radius 1 is 1.42 bits per heavy atom. The van der Waals surface area contributed by atoms with Crippen molar-refractivity contribution in [2.45, 2.75) is 36.5 Å². The molecule has 2 rings (SSSR count). The minimum atomic E-state index is -0.198. The van der Waals surface area contributed by atoms with Gasteiger partial charge in [-0.2, -0.15) is 0 Å². The summed E-state index contributed by atoms with van der Waals surface area (Å²) in [4.78, 5) is 4.87. The highest BCUT2D eigenvalue weighted by Crippen LogP contribution is 2.31. The molecule has 0 aliphatic carbocycles. The van der Waals surface area contributed by atoms with E-state index < -0.39 is 0 Å². The molecule has 102 valence electrons. The summed E-state index contributed by atoms with van der Waals surface area (Å²) >= 11 is 1.36. The smallest absolute Gasteiger partial charge is 0.172 e. The monoisotopic (exact) mass is 279 g/mol. The Morgan fingerprint density at radius 3 is 2.84 bits per heavy atom. The second kappa shape index (κ2) is 6.21. The van der Waals surface area contributed by atoms with E-state index in [1.165, 1.54) is 17.8 Å². The molecule has 0 saturated heterocycles. The molecule has 0 saturated carbocycles. The Labute approximate surface area is 117 Å². The lowest BCUT2D eigenvalue weighted by Crippen LogP contribution is -2.22. The Balaban J connectivity index is 2.25.